The van der Waals surface area contributed by atoms with Gasteiger partial charge in [-0.3, -0.25) is 9.69 Å². The van der Waals surface area contributed by atoms with E-state index >= 15 is 0 Å². The molecule has 4 heterocycles. The number of nitrogens with one attached hydrogen (secondary N) is 3. The van der Waals surface area contributed by atoms with Gasteiger partial charge >= 0.3 is 5.51 Å². The van der Waals surface area contributed by atoms with Gasteiger partial charge in [0.05, 0.1) is 41.3 Å². The Morgan fingerprint density at radius 3 is 2.73 bits per heavy atom. The van der Waals surface area contributed by atoms with Crippen LogP contribution in [0, 0.1) is 17.8 Å². The van der Waals surface area contributed by atoms with Crippen LogP contribution in [-0.2, 0) is 9.84 Å². The summed E-state index contributed by atoms with van der Waals surface area (Å²) in [7, 11) is 0.106. The van der Waals surface area contributed by atoms with Crippen LogP contribution in [0.15, 0.2) is 41.3 Å². The lowest BCUT2D eigenvalue weighted by Crippen LogP contribution is -2.56. The Morgan fingerprint density at radius 1 is 1.25 bits per heavy atom. The number of carbonyl (C=O) groups excluding carboxylic acids is 1. The summed E-state index contributed by atoms with van der Waals surface area (Å²) in [5, 5.41) is 13.7. The van der Waals surface area contributed by atoms with E-state index in [1.807, 2.05) is 0 Å². The Morgan fingerprint density at radius 2 is 2.05 bits per heavy atom. The summed E-state index contributed by atoms with van der Waals surface area (Å²) in [6.45, 7) is 1.61. The van der Waals surface area contributed by atoms with Crippen molar-refractivity contribution in [1.29, 1.82) is 0 Å². The van der Waals surface area contributed by atoms with Gasteiger partial charge in [-0.25, -0.2) is 12.9 Å². The van der Waals surface area contributed by atoms with Gasteiger partial charge in [0.25, 0.3) is 5.91 Å². The second-order valence-corrected chi connectivity index (χ2v) is 14.5. The van der Waals surface area contributed by atoms with E-state index in [4.69, 9.17) is 4.74 Å². The van der Waals surface area contributed by atoms with Crippen LogP contribution < -0.4 is 20.7 Å². The maximum Gasteiger partial charge on any atom is 0.446 e. The lowest BCUT2D eigenvalue weighted by Gasteiger charge is -2.41. The predicted molar refractivity (Wildman–Crippen MR) is 162 cm³/mol. The summed E-state index contributed by atoms with van der Waals surface area (Å²) in [6, 6.07) is 10.0. The van der Waals surface area contributed by atoms with Crippen molar-refractivity contribution in [2.24, 2.45) is 5.92 Å². The fourth-order valence-electron chi connectivity index (χ4n) is 6.03. The number of aromatic nitrogens is 2. The van der Waals surface area contributed by atoms with Gasteiger partial charge in [-0.2, -0.15) is 18.3 Å². The first-order valence-corrected chi connectivity index (χ1v) is 16.7. The number of sulfone groups is 1. The van der Waals surface area contributed by atoms with Crippen LogP contribution in [0.2, 0.25) is 0 Å². The van der Waals surface area contributed by atoms with Crippen molar-refractivity contribution in [3.05, 3.63) is 47.7 Å². The highest BCUT2D eigenvalue weighted by Gasteiger charge is 2.58. The third-order valence-corrected chi connectivity index (χ3v) is 11.0. The van der Waals surface area contributed by atoms with Crippen LogP contribution in [0.5, 0.6) is 5.75 Å². The van der Waals surface area contributed by atoms with Crippen molar-refractivity contribution in [3.63, 3.8) is 0 Å². The van der Waals surface area contributed by atoms with Crippen molar-refractivity contribution >= 4 is 44.5 Å². The smallest absolute Gasteiger partial charge is 0.446 e. The lowest BCUT2D eigenvalue weighted by molar-refractivity contribution is -0.0327. The van der Waals surface area contributed by atoms with E-state index in [1.54, 1.807) is 36.4 Å². The van der Waals surface area contributed by atoms with Gasteiger partial charge in [0.15, 0.2) is 9.84 Å². The Labute approximate surface area is 257 Å². The molecule has 6 rings (SSSR count). The van der Waals surface area contributed by atoms with E-state index in [0.717, 1.165) is 25.9 Å². The van der Waals surface area contributed by atoms with Gasteiger partial charge in [0.1, 0.15) is 17.3 Å². The zero-order valence-electron chi connectivity index (χ0n) is 24.0. The van der Waals surface area contributed by atoms with E-state index in [2.05, 4.69) is 37.8 Å². The zero-order valence-corrected chi connectivity index (χ0v) is 25.6. The number of alkyl halides is 3. The maximum absolute atomic E-state index is 13.6. The largest absolute Gasteiger partial charge is 0.495 e. The number of anilines is 2. The molecular formula is C29H31F3N6O4S2. The number of ether oxygens (including phenoxy) is 1. The van der Waals surface area contributed by atoms with E-state index in [0.29, 0.717) is 34.3 Å². The number of hydrogen-bond acceptors (Lipinski definition) is 9. The highest BCUT2D eigenvalue weighted by Crippen LogP contribution is 2.52. The number of carbonyl (C=O) groups is 1. The molecule has 2 saturated heterocycles. The minimum Gasteiger partial charge on any atom is -0.495 e. The SMILES string of the molecule is CNC(=O)c1ccc(OC)c(NCC#Cc2nn3c(N[C@@]45CCN(C6CS(=O)(=O)C6)C[C@@H]4C5)cccc3c2SC(F)(F)F)c1. The predicted octanol–water partition coefficient (Wildman–Crippen LogP) is 3.45. The fourth-order valence-corrected chi connectivity index (χ4v) is 8.21. The highest BCUT2D eigenvalue weighted by molar-refractivity contribution is 8.00. The van der Waals surface area contributed by atoms with E-state index < -0.39 is 15.3 Å². The molecule has 3 fully saturated rings. The molecule has 1 saturated carbocycles. The van der Waals surface area contributed by atoms with Gasteiger partial charge in [0, 0.05) is 37.3 Å². The summed E-state index contributed by atoms with van der Waals surface area (Å²) >= 11 is -0.246. The molecule has 2 atom stereocenters. The van der Waals surface area contributed by atoms with Crippen LogP contribution in [0.4, 0.5) is 24.7 Å². The molecule has 1 aliphatic carbocycles. The van der Waals surface area contributed by atoms with Crippen molar-refractivity contribution < 1.29 is 31.1 Å². The van der Waals surface area contributed by atoms with Crippen molar-refractivity contribution in [2.45, 2.75) is 34.8 Å². The second kappa shape index (κ2) is 11.4. The molecule has 3 aliphatic rings. The number of halogens is 3. The molecule has 0 spiro atoms. The fraction of sp³-hybridized carbons (Fsp3) is 0.448. The summed E-state index contributed by atoms with van der Waals surface area (Å²) in [5.41, 5.74) is -3.53. The van der Waals surface area contributed by atoms with E-state index in [-0.39, 0.29) is 57.9 Å². The lowest BCUT2D eigenvalue weighted by atomic mass is 10.0. The Kier molecular flexibility index (Phi) is 7.87. The van der Waals surface area contributed by atoms with Crippen molar-refractivity contribution in [1.82, 2.24) is 19.8 Å². The molecule has 2 aliphatic heterocycles. The Hall–Kier alpha value is -3.61. The summed E-state index contributed by atoms with van der Waals surface area (Å²) in [6.07, 6.45) is 1.70. The van der Waals surface area contributed by atoms with Crippen LogP contribution in [0.3, 0.4) is 0 Å². The molecule has 3 N–H and O–H groups in total. The number of benzene rings is 1. The third-order valence-electron chi connectivity index (χ3n) is 8.41. The summed E-state index contributed by atoms with van der Waals surface area (Å²) < 4.78 is 71.0. The maximum atomic E-state index is 13.6. The van der Waals surface area contributed by atoms with Gasteiger partial charge in [0.2, 0.25) is 0 Å². The number of fused-ring (bicyclic) bond motifs is 2. The first-order valence-electron chi connectivity index (χ1n) is 14.0. The van der Waals surface area contributed by atoms with Crippen molar-refractivity contribution in [2.75, 3.05) is 55.9 Å². The number of nitrogens with zero attached hydrogens (tertiary/aromatic N) is 3. The molecule has 234 valence electrons. The summed E-state index contributed by atoms with van der Waals surface area (Å²) in [5.74, 6) is 7.18. The normalized spacial score (nSPS) is 22.7. The van der Waals surface area contributed by atoms with Crippen molar-refractivity contribution in [3.8, 4) is 17.6 Å². The quantitative estimate of drug-likeness (QED) is 0.250. The molecule has 15 heteroatoms. The molecule has 44 heavy (non-hydrogen) atoms. The molecular weight excluding hydrogens is 617 g/mol. The first kappa shape index (κ1) is 30.4. The number of likely N-dealkylation sites (tertiary alicyclic amines) is 1. The first-order chi connectivity index (χ1) is 20.9. The standard InChI is InChI=1S/C29H31F3N6O4S2/c1-33-27(39)18-8-9-24(42-2)22(13-18)34-11-4-5-21-26(43-29(30,31)32)23-6-3-7-25(38(23)36-21)35-28-10-12-37(15-19(28)14-28)20-16-44(40,41)17-20/h3,6-9,13,19-20,34-35H,10-12,14-17H2,1-2H3,(H,33,39)/t19-,28+/m0/s1. The van der Waals surface area contributed by atoms with Crippen LogP contribution in [0.25, 0.3) is 5.52 Å². The molecule has 0 radical (unpaired) electrons. The molecule has 0 bridgehead atoms. The Bertz CT molecular complexity index is 1770. The highest BCUT2D eigenvalue weighted by atomic mass is 32.2. The zero-order chi connectivity index (χ0) is 31.3. The topological polar surface area (TPSA) is 117 Å². The van der Waals surface area contributed by atoms with Gasteiger partial charge in [-0.1, -0.05) is 12.0 Å². The number of hydrogen-bond donors (Lipinski definition) is 3. The molecule has 3 aromatic rings. The molecule has 1 amide bonds. The monoisotopic (exact) mass is 648 g/mol. The minimum atomic E-state index is -4.54. The van der Waals surface area contributed by atoms with E-state index in [9.17, 15) is 26.4 Å². The number of rotatable bonds is 8. The minimum absolute atomic E-state index is 0.000287. The van der Waals surface area contributed by atoms with Gasteiger partial charge < -0.3 is 20.7 Å². The number of amides is 1. The van der Waals surface area contributed by atoms with Gasteiger partial charge in [-0.15, -0.1) is 0 Å². The Balaban J connectivity index is 1.22. The molecule has 2 aromatic heterocycles. The average molecular weight is 649 g/mol. The molecule has 1 aromatic carbocycles. The molecule has 0 unspecified atom stereocenters. The van der Waals surface area contributed by atoms with Crippen LogP contribution in [0.1, 0.15) is 28.9 Å². The third kappa shape index (κ3) is 6.15. The molecule has 10 nitrogen and oxygen atoms in total. The number of pyridine rings is 1. The second-order valence-electron chi connectivity index (χ2n) is 11.2. The van der Waals surface area contributed by atoms with Crippen LogP contribution >= 0.6 is 11.8 Å². The van der Waals surface area contributed by atoms with Gasteiger partial charge in [-0.05, 0) is 66.8 Å². The van der Waals surface area contributed by atoms with E-state index in [1.165, 1.54) is 18.7 Å². The number of piperidine rings is 1. The number of thioether (sulfide) groups is 1. The summed E-state index contributed by atoms with van der Waals surface area (Å²) in [4.78, 5) is 14.2. The number of methoxy groups -OCH3 is 1. The average Bonchev–Trinajstić information content (AvgIpc) is 3.58. The van der Waals surface area contributed by atoms with Crippen LogP contribution in [-0.4, -0.2) is 91.2 Å².